The van der Waals surface area contributed by atoms with Crippen LogP contribution in [-0.4, -0.2) is 17.7 Å². The van der Waals surface area contributed by atoms with Gasteiger partial charge in [-0.05, 0) is 35.4 Å². The molecule has 6 nitrogen and oxygen atoms in total. The molecule has 1 atom stereocenters. The van der Waals surface area contributed by atoms with Crippen LogP contribution in [0.5, 0.6) is 0 Å². The van der Waals surface area contributed by atoms with Gasteiger partial charge in [-0.2, -0.15) is 0 Å². The van der Waals surface area contributed by atoms with Crippen molar-refractivity contribution in [3.63, 3.8) is 0 Å². The molecule has 3 N–H and O–H groups in total. The summed E-state index contributed by atoms with van der Waals surface area (Å²) in [7, 11) is 0. The number of nitrogens with one attached hydrogen (secondary N) is 3. The number of amides is 3. The lowest BCUT2D eigenvalue weighted by atomic mass is 10.0. The molecule has 0 aliphatic rings. The van der Waals surface area contributed by atoms with Gasteiger partial charge in [0.05, 0.1) is 18.9 Å². The van der Waals surface area contributed by atoms with Crippen molar-refractivity contribution in [2.75, 3.05) is 0 Å². The average Bonchev–Trinajstić information content (AvgIpc) is 2.80. The number of rotatable bonds is 7. The molecule has 0 aromatic heterocycles. The van der Waals surface area contributed by atoms with E-state index in [1.165, 1.54) is 24.3 Å². The molecule has 1 unspecified atom stereocenters. The second-order valence-corrected chi connectivity index (χ2v) is 6.91. The fraction of sp³-hybridized carbons (Fsp3) is 0.125. The van der Waals surface area contributed by atoms with Crippen LogP contribution in [0.2, 0.25) is 0 Å². The van der Waals surface area contributed by atoms with Gasteiger partial charge in [0.25, 0.3) is 5.91 Å². The lowest BCUT2D eigenvalue weighted by molar-refractivity contribution is -0.128. The summed E-state index contributed by atoms with van der Waals surface area (Å²) in [6.07, 6.45) is -0.0766. The zero-order valence-corrected chi connectivity index (χ0v) is 16.7. The van der Waals surface area contributed by atoms with E-state index < -0.39 is 17.9 Å². The Bertz CT molecular complexity index is 1020. The number of carbonyl (C=O) groups is 3. The largest absolute Gasteiger partial charge is 0.345 e. The molecule has 0 saturated carbocycles. The maximum Gasteiger partial charge on any atom is 0.251 e. The Morgan fingerprint density at radius 2 is 1.32 bits per heavy atom. The molecule has 0 radical (unpaired) electrons. The van der Waals surface area contributed by atoms with Crippen molar-refractivity contribution >= 4 is 17.7 Å². The summed E-state index contributed by atoms with van der Waals surface area (Å²) >= 11 is 0. The summed E-state index contributed by atoms with van der Waals surface area (Å²) in [6, 6.07) is 22.8. The lowest BCUT2D eigenvalue weighted by Crippen LogP contribution is -2.44. The minimum atomic E-state index is -0.581. The van der Waals surface area contributed by atoms with E-state index in [9.17, 15) is 18.8 Å². The van der Waals surface area contributed by atoms with Crippen molar-refractivity contribution in [1.82, 2.24) is 16.2 Å². The van der Waals surface area contributed by atoms with Crippen LogP contribution in [0.3, 0.4) is 0 Å². The first-order valence-corrected chi connectivity index (χ1v) is 9.74. The lowest BCUT2D eigenvalue weighted by Gasteiger charge is -2.19. The van der Waals surface area contributed by atoms with Gasteiger partial charge in [0.1, 0.15) is 5.82 Å². The Hall–Kier alpha value is -4.00. The van der Waals surface area contributed by atoms with Crippen molar-refractivity contribution in [2.24, 2.45) is 0 Å². The molecule has 158 valence electrons. The van der Waals surface area contributed by atoms with E-state index >= 15 is 0 Å². The fourth-order valence-electron chi connectivity index (χ4n) is 2.98. The first kappa shape index (κ1) is 21.7. The van der Waals surface area contributed by atoms with Crippen LogP contribution in [0.4, 0.5) is 4.39 Å². The van der Waals surface area contributed by atoms with E-state index in [1.54, 1.807) is 24.3 Å². The molecule has 0 saturated heterocycles. The number of hydrogen-bond acceptors (Lipinski definition) is 3. The Morgan fingerprint density at radius 3 is 1.97 bits per heavy atom. The van der Waals surface area contributed by atoms with Gasteiger partial charge in [0.15, 0.2) is 0 Å². The third-order valence-electron chi connectivity index (χ3n) is 4.55. The summed E-state index contributed by atoms with van der Waals surface area (Å²) in [4.78, 5) is 37.0. The molecule has 3 rings (SSSR count). The zero-order valence-electron chi connectivity index (χ0n) is 16.7. The quantitative estimate of drug-likeness (QED) is 0.515. The second-order valence-electron chi connectivity index (χ2n) is 6.91. The van der Waals surface area contributed by atoms with Gasteiger partial charge < -0.3 is 5.32 Å². The zero-order chi connectivity index (χ0) is 22.1. The van der Waals surface area contributed by atoms with E-state index in [-0.39, 0.29) is 24.6 Å². The van der Waals surface area contributed by atoms with Gasteiger partial charge >= 0.3 is 0 Å². The van der Waals surface area contributed by atoms with Crippen LogP contribution in [0.25, 0.3) is 0 Å². The van der Waals surface area contributed by atoms with Gasteiger partial charge in [-0.15, -0.1) is 0 Å². The van der Waals surface area contributed by atoms with Crippen LogP contribution in [0.15, 0.2) is 84.9 Å². The third kappa shape index (κ3) is 6.78. The highest BCUT2D eigenvalue weighted by molar-refractivity contribution is 5.94. The van der Waals surface area contributed by atoms with Gasteiger partial charge in [-0.25, -0.2) is 4.39 Å². The summed E-state index contributed by atoms with van der Waals surface area (Å²) in [6.45, 7) is 0. The van der Waals surface area contributed by atoms with Crippen molar-refractivity contribution in [1.29, 1.82) is 0 Å². The minimum absolute atomic E-state index is 0.00653. The Kier molecular flexibility index (Phi) is 7.48. The Balaban J connectivity index is 1.58. The summed E-state index contributed by atoms with van der Waals surface area (Å²) in [5.74, 6) is -1.59. The topological polar surface area (TPSA) is 87.3 Å². The minimum Gasteiger partial charge on any atom is -0.345 e. The van der Waals surface area contributed by atoms with Crippen LogP contribution in [-0.2, 0) is 16.0 Å². The number of halogens is 1. The smallest absolute Gasteiger partial charge is 0.251 e. The molecular weight excluding hydrogens is 397 g/mol. The van der Waals surface area contributed by atoms with Crippen molar-refractivity contribution in [2.45, 2.75) is 18.9 Å². The first-order valence-electron chi connectivity index (χ1n) is 9.74. The molecule has 0 bridgehead atoms. The number of hydrogen-bond donors (Lipinski definition) is 3. The summed E-state index contributed by atoms with van der Waals surface area (Å²) in [5.41, 5.74) is 6.57. The molecule has 31 heavy (non-hydrogen) atoms. The standard InChI is InChI=1S/C24H22FN3O3/c25-20-13-11-17(12-14-20)15-22(29)27-28-23(30)16-21(18-7-3-1-4-8-18)26-24(31)19-9-5-2-6-10-19/h1-14,21H,15-16H2,(H,26,31)(H,27,29)(H,28,30). The molecule has 3 aromatic rings. The predicted octanol–water partition coefficient (Wildman–Crippen LogP) is 3.08. The highest BCUT2D eigenvalue weighted by Crippen LogP contribution is 2.17. The van der Waals surface area contributed by atoms with Crippen LogP contribution in [0.1, 0.15) is 33.9 Å². The first-order chi connectivity index (χ1) is 15.0. The van der Waals surface area contributed by atoms with E-state index in [0.717, 1.165) is 5.56 Å². The van der Waals surface area contributed by atoms with E-state index in [1.807, 2.05) is 36.4 Å². The number of benzene rings is 3. The maximum absolute atomic E-state index is 13.0. The molecule has 0 aliphatic heterocycles. The van der Waals surface area contributed by atoms with Crippen molar-refractivity contribution in [3.05, 3.63) is 107 Å². The second kappa shape index (κ2) is 10.7. The maximum atomic E-state index is 13.0. The van der Waals surface area contributed by atoms with Crippen LogP contribution >= 0.6 is 0 Å². The summed E-state index contributed by atoms with van der Waals surface area (Å²) < 4.78 is 13.0. The normalized spacial score (nSPS) is 11.3. The van der Waals surface area contributed by atoms with Crippen molar-refractivity contribution in [3.8, 4) is 0 Å². The van der Waals surface area contributed by atoms with E-state index in [0.29, 0.717) is 11.1 Å². The molecule has 0 aliphatic carbocycles. The van der Waals surface area contributed by atoms with E-state index in [2.05, 4.69) is 16.2 Å². The number of carbonyl (C=O) groups excluding carboxylic acids is 3. The molecule has 3 aromatic carbocycles. The molecular formula is C24H22FN3O3. The number of hydrazine groups is 1. The Morgan fingerprint density at radius 1 is 0.742 bits per heavy atom. The van der Waals surface area contributed by atoms with Gasteiger partial charge in [-0.1, -0.05) is 60.7 Å². The monoisotopic (exact) mass is 419 g/mol. The van der Waals surface area contributed by atoms with Crippen LogP contribution in [0, 0.1) is 5.82 Å². The molecule has 0 spiro atoms. The predicted molar refractivity (Wildman–Crippen MR) is 114 cm³/mol. The average molecular weight is 419 g/mol. The van der Waals surface area contributed by atoms with E-state index in [4.69, 9.17) is 0 Å². The molecule has 7 heteroatoms. The Labute approximate surface area is 179 Å². The van der Waals surface area contributed by atoms with Crippen LogP contribution < -0.4 is 16.2 Å². The SMILES string of the molecule is O=C(Cc1ccc(F)cc1)NNC(=O)CC(NC(=O)c1ccccc1)c1ccccc1. The third-order valence-corrected chi connectivity index (χ3v) is 4.55. The van der Waals surface area contributed by atoms with Crippen molar-refractivity contribution < 1.29 is 18.8 Å². The van der Waals surface area contributed by atoms with Gasteiger partial charge in [0, 0.05) is 5.56 Å². The highest BCUT2D eigenvalue weighted by atomic mass is 19.1. The molecule has 0 heterocycles. The summed E-state index contributed by atoms with van der Waals surface area (Å²) in [5, 5.41) is 2.87. The van der Waals surface area contributed by atoms with Gasteiger partial charge in [0.2, 0.25) is 11.8 Å². The van der Waals surface area contributed by atoms with Gasteiger partial charge in [-0.3, -0.25) is 25.2 Å². The fourth-order valence-corrected chi connectivity index (χ4v) is 2.98. The highest BCUT2D eigenvalue weighted by Gasteiger charge is 2.19. The molecule has 3 amide bonds. The molecule has 0 fully saturated rings.